The van der Waals surface area contributed by atoms with Gasteiger partial charge in [-0.15, -0.1) is 5.10 Å². The summed E-state index contributed by atoms with van der Waals surface area (Å²) >= 11 is 0. The first kappa shape index (κ1) is 25.7. The molecule has 2 aromatic carbocycles. The summed E-state index contributed by atoms with van der Waals surface area (Å²) in [7, 11) is -2.39. The van der Waals surface area contributed by atoms with E-state index < -0.39 is 38.1 Å². The molecule has 1 aromatic heterocycles. The smallest absolute Gasteiger partial charge is 0.391 e. The van der Waals surface area contributed by atoms with E-state index in [-0.39, 0.29) is 55.7 Å². The van der Waals surface area contributed by atoms with E-state index in [1.165, 1.54) is 11.4 Å². The third-order valence-electron chi connectivity index (χ3n) is 7.62. The maximum Gasteiger partial charge on any atom is 0.436 e. The molecule has 0 radical (unpaired) electrons. The highest BCUT2D eigenvalue weighted by atomic mass is 32.2. The Morgan fingerprint density at radius 3 is 2.43 bits per heavy atom. The Morgan fingerprint density at radius 2 is 1.78 bits per heavy atom. The first-order valence-electron chi connectivity index (χ1n) is 12.3. The molecule has 2 fully saturated rings. The van der Waals surface area contributed by atoms with Crippen LogP contribution in [0.2, 0.25) is 0 Å². The minimum Gasteiger partial charge on any atom is -0.391 e. The van der Waals surface area contributed by atoms with E-state index in [1.54, 1.807) is 31.2 Å². The van der Waals surface area contributed by atoms with Gasteiger partial charge in [-0.05, 0) is 50.3 Å². The van der Waals surface area contributed by atoms with Crippen molar-refractivity contribution < 1.29 is 26.4 Å². The Kier molecular flexibility index (Phi) is 6.80. The Hall–Kier alpha value is -2.89. The topological polar surface area (TPSA) is 94.6 Å². The molecule has 198 valence electrons. The fraction of sp³-hybridized carbons (Fsp3) is 0.462. The molecule has 0 unspecified atom stereocenters. The van der Waals surface area contributed by atoms with Gasteiger partial charge in [-0.2, -0.15) is 8.99 Å². The summed E-state index contributed by atoms with van der Waals surface area (Å²) in [4.78, 5) is 12.0. The van der Waals surface area contributed by atoms with Gasteiger partial charge in [-0.25, -0.2) is 22.0 Å². The second kappa shape index (κ2) is 9.77. The van der Waals surface area contributed by atoms with Crippen molar-refractivity contribution >= 4 is 10.0 Å². The maximum absolute atomic E-state index is 15.7. The van der Waals surface area contributed by atoms with Crippen LogP contribution in [-0.4, -0.2) is 41.8 Å². The minimum atomic E-state index is -3.82. The van der Waals surface area contributed by atoms with Crippen molar-refractivity contribution in [2.75, 3.05) is 13.2 Å². The van der Waals surface area contributed by atoms with Crippen LogP contribution >= 0.6 is 0 Å². The number of benzene rings is 2. The molecular formula is C26H29F2N3O5S. The van der Waals surface area contributed by atoms with Crippen LogP contribution in [0.5, 0.6) is 0 Å². The first-order valence-corrected chi connectivity index (χ1v) is 13.8. The van der Waals surface area contributed by atoms with Crippen molar-refractivity contribution in [3.63, 3.8) is 0 Å². The highest BCUT2D eigenvalue weighted by Crippen LogP contribution is 2.43. The lowest BCUT2D eigenvalue weighted by atomic mass is 9.73. The van der Waals surface area contributed by atoms with Gasteiger partial charge in [0.25, 0.3) is 0 Å². The van der Waals surface area contributed by atoms with Gasteiger partial charge in [0, 0.05) is 44.0 Å². The third-order valence-corrected chi connectivity index (χ3v) is 9.99. The second-order valence-corrected chi connectivity index (χ2v) is 11.9. The summed E-state index contributed by atoms with van der Waals surface area (Å²) in [6.45, 7) is 2.01. The molecular weight excluding hydrogens is 504 g/mol. The van der Waals surface area contributed by atoms with Crippen LogP contribution in [0.25, 0.3) is 0 Å². The standard InChI is InChI=1S/C26H29F2N3O5S/c1-17-8-9-23(18-6-4-3-5-7-18)37(33,34)31(17)16-19-14-22(28)20(15-21(19)27)26(10-12-35-13-11-26)24-29-30(2)25(32)36-24/h3-7,14-15,17,23H,8-13,16H2,1-2H3/t17-,23+/m0/s1. The molecule has 2 saturated heterocycles. The van der Waals surface area contributed by atoms with Crippen molar-refractivity contribution in [3.05, 3.63) is 87.2 Å². The van der Waals surface area contributed by atoms with Crippen LogP contribution in [0.15, 0.2) is 51.7 Å². The summed E-state index contributed by atoms with van der Waals surface area (Å²) < 4.78 is 71.4. The van der Waals surface area contributed by atoms with E-state index in [4.69, 9.17) is 9.15 Å². The number of nitrogens with zero attached hydrogens (tertiary/aromatic N) is 3. The van der Waals surface area contributed by atoms with Crippen LogP contribution in [0.4, 0.5) is 8.78 Å². The molecule has 0 saturated carbocycles. The molecule has 37 heavy (non-hydrogen) atoms. The Balaban J connectivity index is 1.51. The molecule has 0 amide bonds. The first-order chi connectivity index (χ1) is 17.6. The van der Waals surface area contributed by atoms with E-state index in [0.29, 0.717) is 18.4 Å². The fourth-order valence-corrected chi connectivity index (χ4v) is 7.64. The van der Waals surface area contributed by atoms with Gasteiger partial charge in [0.2, 0.25) is 15.9 Å². The average molecular weight is 534 g/mol. The van der Waals surface area contributed by atoms with Crippen molar-refractivity contribution in [1.82, 2.24) is 14.1 Å². The molecule has 0 aliphatic carbocycles. The number of aryl methyl sites for hydroxylation is 1. The van der Waals surface area contributed by atoms with Crippen molar-refractivity contribution in [3.8, 4) is 0 Å². The number of aromatic nitrogens is 2. The molecule has 8 nitrogen and oxygen atoms in total. The lowest BCUT2D eigenvalue weighted by molar-refractivity contribution is 0.0527. The van der Waals surface area contributed by atoms with Crippen LogP contribution in [-0.2, 0) is 33.8 Å². The number of hydrogen-bond acceptors (Lipinski definition) is 6. The third kappa shape index (κ3) is 4.53. The Bertz CT molecular complexity index is 1450. The average Bonchev–Trinajstić information content (AvgIpc) is 3.22. The molecule has 2 aliphatic heterocycles. The lowest BCUT2D eigenvalue weighted by Crippen LogP contribution is -2.45. The number of ether oxygens (including phenoxy) is 1. The van der Waals surface area contributed by atoms with E-state index in [0.717, 1.165) is 16.8 Å². The SMILES string of the molecule is C[C@H]1CC[C@H](c2ccccc2)S(=O)(=O)N1Cc1cc(F)c(C2(c3nn(C)c(=O)o3)CCOCC2)cc1F. The van der Waals surface area contributed by atoms with Crippen LogP contribution in [0.3, 0.4) is 0 Å². The zero-order chi connectivity index (χ0) is 26.4. The molecule has 3 aromatic rings. The predicted octanol–water partition coefficient (Wildman–Crippen LogP) is 3.80. The number of rotatable bonds is 5. The molecule has 3 heterocycles. The normalized spacial score (nSPS) is 23.7. The van der Waals surface area contributed by atoms with Crippen molar-refractivity contribution in [2.45, 2.75) is 55.9 Å². The molecule has 2 aliphatic rings. The minimum absolute atomic E-state index is 0.00674. The Morgan fingerprint density at radius 1 is 1.08 bits per heavy atom. The van der Waals surface area contributed by atoms with Crippen molar-refractivity contribution in [2.24, 2.45) is 7.05 Å². The summed E-state index contributed by atoms with van der Waals surface area (Å²) in [5.41, 5.74) is -0.546. The second-order valence-electron chi connectivity index (χ2n) is 9.83. The summed E-state index contributed by atoms with van der Waals surface area (Å²) in [5, 5.41) is 3.40. The monoisotopic (exact) mass is 533 g/mol. The number of hydrogen-bond donors (Lipinski definition) is 0. The summed E-state index contributed by atoms with van der Waals surface area (Å²) in [6, 6.07) is 10.7. The molecule has 2 atom stereocenters. The zero-order valence-corrected chi connectivity index (χ0v) is 21.5. The predicted molar refractivity (Wildman–Crippen MR) is 131 cm³/mol. The van der Waals surface area contributed by atoms with Gasteiger partial charge < -0.3 is 9.15 Å². The summed E-state index contributed by atoms with van der Waals surface area (Å²) in [6.07, 6.45) is 1.56. The van der Waals surface area contributed by atoms with Gasteiger partial charge in [0.05, 0.1) is 5.41 Å². The van der Waals surface area contributed by atoms with E-state index in [2.05, 4.69) is 5.10 Å². The van der Waals surface area contributed by atoms with Crippen LogP contribution in [0, 0.1) is 11.6 Å². The Labute approximate surface area is 213 Å². The van der Waals surface area contributed by atoms with E-state index >= 15 is 8.78 Å². The van der Waals surface area contributed by atoms with E-state index in [1.807, 2.05) is 6.07 Å². The van der Waals surface area contributed by atoms with Crippen LogP contribution in [0.1, 0.15) is 60.4 Å². The highest BCUT2D eigenvalue weighted by molar-refractivity contribution is 7.89. The summed E-state index contributed by atoms with van der Waals surface area (Å²) in [5.74, 6) is -2.14. The maximum atomic E-state index is 15.7. The number of sulfonamides is 1. The molecule has 0 N–H and O–H groups in total. The fourth-order valence-electron chi connectivity index (χ4n) is 5.45. The zero-order valence-electron chi connectivity index (χ0n) is 20.7. The van der Waals surface area contributed by atoms with Gasteiger partial charge in [0.15, 0.2) is 0 Å². The van der Waals surface area contributed by atoms with Gasteiger partial charge in [-0.3, -0.25) is 0 Å². The number of halogens is 2. The molecule has 0 bridgehead atoms. The van der Waals surface area contributed by atoms with E-state index in [9.17, 15) is 13.2 Å². The van der Waals surface area contributed by atoms with Gasteiger partial charge in [-0.1, -0.05) is 30.3 Å². The quantitative estimate of drug-likeness (QED) is 0.495. The van der Waals surface area contributed by atoms with Crippen LogP contribution < -0.4 is 5.76 Å². The van der Waals surface area contributed by atoms with Crippen molar-refractivity contribution in [1.29, 1.82) is 0 Å². The van der Waals surface area contributed by atoms with Gasteiger partial charge >= 0.3 is 5.76 Å². The largest absolute Gasteiger partial charge is 0.436 e. The highest BCUT2D eigenvalue weighted by Gasteiger charge is 2.45. The molecule has 0 spiro atoms. The molecule has 11 heteroatoms. The van der Waals surface area contributed by atoms with Gasteiger partial charge in [0.1, 0.15) is 16.9 Å². The molecule has 5 rings (SSSR count). The lowest BCUT2D eigenvalue weighted by Gasteiger charge is -2.38.